The van der Waals surface area contributed by atoms with Gasteiger partial charge in [0, 0.05) is 18.3 Å². The van der Waals surface area contributed by atoms with Gasteiger partial charge < -0.3 is 24.6 Å². The molecule has 5 nitrogen and oxygen atoms in total. The highest BCUT2D eigenvalue weighted by Gasteiger charge is 2.14. The van der Waals surface area contributed by atoms with E-state index in [1.807, 2.05) is 25.1 Å². The molecule has 118 valence electrons. The molecule has 1 aliphatic rings. The van der Waals surface area contributed by atoms with Crippen molar-refractivity contribution < 1.29 is 19.3 Å². The van der Waals surface area contributed by atoms with Gasteiger partial charge >= 0.3 is 0 Å². The van der Waals surface area contributed by atoms with Crippen molar-refractivity contribution in [2.24, 2.45) is 5.92 Å². The number of benzene rings is 1. The first kappa shape index (κ1) is 15.9. The molecule has 0 aliphatic carbocycles. The van der Waals surface area contributed by atoms with E-state index in [0.717, 1.165) is 23.6 Å². The molecule has 1 heterocycles. The molecule has 2 atom stereocenters. The number of rotatable bonds is 8. The zero-order valence-corrected chi connectivity index (χ0v) is 13.0. The molecule has 21 heavy (non-hydrogen) atoms. The van der Waals surface area contributed by atoms with Gasteiger partial charge in [0.15, 0.2) is 11.5 Å². The van der Waals surface area contributed by atoms with Crippen molar-refractivity contribution in [3.63, 3.8) is 0 Å². The van der Waals surface area contributed by atoms with Crippen LogP contribution in [0.5, 0.6) is 11.5 Å². The molecule has 0 radical (unpaired) electrons. The van der Waals surface area contributed by atoms with Gasteiger partial charge in [-0.05, 0) is 31.4 Å². The van der Waals surface area contributed by atoms with Crippen LogP contribution < -0.4 is 14.8 Å². The molecule has 0 saturated heterocycles. The van der Waals surface area contributed by atoms with Crippen LogP contribution in [0.25, 0.3) is 0 Å². The van der Waals surface area contributed by atoms with Gasteiger partial charge in [0.1, 0.15) is 0 Å². The van der Waals surface area contributed by atoms with E-state index < -0.39 is 6.10 Å². The molecule has 1 aromatic rings. The largest absolute Gasteiger partial charge is 0.454 e. The van der Waals surface area contributed by atoms with Gasteiger partial charge in [0.2, 0.25) is 6.79 Å². The van der Waals surface area contributed by atoms with E-state index in [-0.39, 0.29) is 12.9 Å². The summed E-state index contributed by atoms with van der Waals surface area (Å²) in [4.78, 5) is 0. The van der Waals surface area contributed by atoms with Crippen LogP contribution in [0, 0.1) is 5.92 Å². The lowest BCUT2D eigenvalue weighted by Gasteiger charge is -2.18. The summed E-state index contributed by atoms with van der Waals surface area (Å²) in [6.45, 7) is 7.41. The third kappa shape index (κ3) is 5.10. The van der Waals surface area contributed by atoms with E-state index >= 15 is 0 Å². The van der Waals surface area contributed by atoms with Gasteiger partial charge in [-0.25, -0.2) is 0 Å². The maximum Gasteiger partial charge on any atom is 0.231 e. The molecule has 0 saturated carbocycles. The zero-order valence-electron chi connectivity index (χ0n) is 13.0. The second-order valence-electron chi connectivity index (χ2n) is 5.88. The number of ether oxygens (including phenoxy) is 3. The Balaban J connectivity index is 1.70. The first-order valence-electron chi connectivity index (χ1n) is 7.47. The van der Waals surface area contributed by atoms with E-state index in [0.29, 0.717) is 19.1 Å². The number of hydrogen-bond donors (Lipinski definition) is 2. The van der Waals surface area contributed by atoms with Crippen molar-refractivity contribution in [3.05, 3.63) is 18.2 Å². The van der Waals surface area contributed by atoms with Crippen LogP contribution in [0.15, 0.2) is 18.2 Å². The molecule has 2 rings (SSSR count). The zero-order chi connectivity index (χ0) is 15.2. The highest BCUT2D eigenvalue weighted by molar-refractivity contribution is 5.55. The Kier molecular flexibility index (Phi) is 5.70. The van der Waals surface area contributed by atoms with Crippen LogP contribution in [0.4, 0.5) is 5.69 Å². The van der Waals surface area contributed by atoms with E-state index in [2.05, 4.69) is 19.2 Å². The summed E-state index contributed by atoms with van der Waals surface area (Å²) in [6, 6.07) is 5.64. The SMILES string of the molecule is CC(C)CC(C)OCC(O)CNc1ccc2c(c1)OCO2. The maximum absolute atomic E-state index is 9.94. The summed E-state index contributed by atoms with van der Waals surface area (Å²) in [6.07, 6.45) is 0.637. The molecule has 0 aromatic heterocycles. The summed E-state index contributed by atoms with van der Waals surface area (Å²) in [5.41, 5.74) is 0.897. The topological polar surface area (TPSA) is 60.0 Å². The third-order valence-corrected chi connectivity index (χ3v) is 3.29. The Labute approximate surface area is 126 Å². The minimum Gasteiger partial charge on any atom is -0.454 e. The molecule has 0 bridgehead atoms. The maximum atomic E-state index is 9.94. The first-order valence-corrected chi connectivity index (χ1v) is 7.47. The molecule has 0 amide bonds. The average molecular weight is 295 g/mol. The van der Waals surface area contributed by atoms with Crippen molar-refractivity contribution in [2.45, 2.75) is 39.4 Å². The summed E-state index contributed by atoms with van der Waals surface area (Å²) in [7, 11) is 0. The number of aliphatic hydroxyl groups excluding tert-OH is 1. The molecule has 1 aromatic carbocycles. The van der Waals surface area contributed by atoms with Gasteiger partial charge in [-0.3, -0.25) is 0 Å². The van der Waals surface area contributed by atoms with Gasteiger partial charge in [0.05, 0.1) is 18.8 Å². The molecular formula is C16H25NO4. The molecule has 2 N–H and O–H groups in total. The van der Waals surface area contributed by atoms with Gasteiger partial charge in [-0.1, -0.05) is 13.8 Å². The lowest BCUT2D eigenvalue weighted by atomic mass is 10.1. The molecular weight excluding hydrogens is 270 g/mol. The average Bonchev–Trinajstić information content (AvgIpc) is 2.89. The number of fused-ring (bicyclic) bond motifs is 1. The highest BCUT2D eigenvalue weighted by atomic mass is 16.7. The molecule has 0 fully saturated rings. The number of aliphatic hydroxyl groups is 1. The van der Waals surface area contributed by atoms with Gasteiger partial charge in [-0.2, -0.15) is 0 Å². The summed E-state index contributed by atoms with van der Waals surface area (Å²) >= 11 is 0. The quantitative estimate of drug-likeness (QED) is 0.772. The summed E-state index contributed by atoms with van der Waals surface area (Å²) in [5.74, 6) is 2.09. The van der Waals surface area contributed by atoms with Crippen molar-refractivity contribution in [2.75, 3.05) is 25.3 Å². The van der Waals surface area contributed by atoms with Crippen molar-refractivity contribution in [3.8, 4) is 11.5 Å². The predicted molar refractivity (Wildman–Crippen MR) is 81.9 cm³/mol. The second kappa shape index (κ2) is 7.52. The number of nitrogens with one attached hydrogen (secondary N) is 1. The van der Waals surface area contributed by atoms with Gasteiger partial charge in [0.25, 0.3) is 0 Å². The lowest BCUT2D eigenvalue weighted by molar-refractivity contribution is -0.00443. The minimum absolute atomic E-state index is 0.171. The number of hydrogen-bond acceptors (Lipinski definition) is 5. The van der Waals surface area contributed by atoms with E-state index in [4.69, 9.17) is 14.2 Å². The highest BCUT2D eigenvalue weighted by Crippen LogP contribution is 2.34. The Morgan fingerprint density at radius 3 is 2.76 bits per heavy atom. The predicted octanol–water partition coefficient (Wildman–Crippen LogP) is 2.64. The van der Waals surface area contributed by atoms with E-state index in [1.54, 1.807) is 0 Å². The fourth-order valence-electron chi connectivity index (χ4n) is 2.31. The smallest absolute Gasteiger partial charge is 0.231 e. The first-order chi connectivity index (χ1) is 10.0. The summed E-state index contributed by atoms with van der Waals surface area (Å²) in [5, 5.41) is 13.1. The fourth-order valence-corrected chi connectivity index (χ4v) is 2.31. The third-order valence-electron chi connectivity index (χ3n) is 3.29. The van der Waals surface area contributed by atoms with Gasteiger partial charge in [-0.15, -0.1) is 0 Å². The monoisotopic (exact) mass is 295 g/mol. The Bertz CT molecular complexity index is 450. The summed E-state index contributed by atoms with van der Waals surface area (Å²) < 4.78 is 16.2. The van der Waals surface area contributed by atoms with Crippen LogP contribution in [-0.4, -0.2) is 37.3 Å². The standard InChI is InChI=1S/C16H25NO4/c1-11(2)6-12(3)19-9-14(18)8-17-13-4-5-15-16(7-13)21-10-20-15/h4-5,7,11-12,14,17-18H,6,8-10H2,1-3H3. The molecule has 0 spiro atoms. The van der Waals surface area contributed by atoms with Crippen LogP contribution in [0.1, 0.15) is 27.2 Å². The van der Waals surface area contributed by atoms with Crippen LogP contribution in [0.2, 0.25) is 0 Å². The molecule has 1 aliphatic heterocycles. The number of anilines is 1. The molecule has 5 heteroatoms. The van der Waals surface area contributed by atoms with E-state index in [1.165, 1.54) is 0 Å². The van der Waals surface area contributed by atoms with Crippen molar-refractivity contribution in [1.29, 1.82) is 0 Å². The second-order valence-corrected chi connectivity index (χ2v) is 5.88. The Morgan fingerprint density at radius 1 is 1.24 bits per heavy atom. The van der Waals surface area contributed by atoms with E-state index in [9.17, 15) is 5.11 Å². The fraction of sp³-hybridized carbons (Fsp3) is 0.625. The van der Waals surface area contributed by atoms with Crippen molar-refractivity contribution >= 4 is 5.69 Å². The Morgan fingerprint density at radius 2 is 2.00 bits per heavy atom. The van der Waals surface area contributed by atoms with Crippen LogP contribution in [-0.2, 0) is 4.74 Å². The van der Waals surface area contributed by atoms with Crippen LogP contribution >= 0.6 is 0 Å². The van der Waals surface area contributed by atoms with Crippen LogP contribution in [0.3, 0.4) is 0 Å². The molecule has 2 unspecified atom stereocenters. The minimum atomic E-state index is -0.537. The Hall–Kier alpha value is -1.46. The normalized spacial score (nSPS) is 16.0. The lowest BCUT2D eigenvalue weighted by Crippen LogP contribution is -2.27. The van der Waals surface area contributed by atoms with Crippen molar-refractivity contribution in [1.82, 2.24) is 0 Å².